The van der Waals surface area contributed by atoms with Crippen molar-refractivity contribution in [2.75, 3.05) is 17.3 Å². The number of thioether (sulfide) groups is 1. The van der Waals surface area contributed by atoms with Crippen molar-refractivity contribution in [2.24, 2.45) is 7.05 Å². The van der Waals surface area contributed by atoms with Crippen molar-refractivity contribution < 1.29 is 17.6 Å². The Kier molecular flexibility index (Phi) is 5.61. The van der Waals surface area contributed by atoms with Crippen LogP contribution in [0.1, 0.15) is 23.7 Å². The molecule has 1 fully saturated rings. The number of carbonyl (C=O) groups excluding carboxylic acids is 1. The molecule has 1 N–H and O–H groups in total. The quantitative estimate of drug-likeness (QED) is 0.737. The maximum absolute atomic E-state index is 12.8. The Morgan fingerprint density at radius 3 is 2.73 bits per heavy atom. The number of nitrogens with zero attached hydrogens (tertiary/aromatic N) is 3. The number of aromatic nitrogens is 3. The van der Waals surface area contributed by atoms with E-state index in [4.69, 9.17) is 0 Å². The van der Waals surface area contributed by atoms with Gasteiger partial charge in [0.1, 0.15) is 11.6 Å². The summed E-state index contributed by atoms with van der Waals surface area (Å²) in [6.07, 6.45) is 0.553. The molecule has 140 valence electrons. The van der Waals surface area contributed by atoms with Crippen LogP contribution in [0.25, 0.3) is 0 Å². The molecule has 26 heavy (non-hydrogen) atoms. The zero-order valence-electron chi connectivity index (χ0n) is 14.2. The van der Waals surface area contributed by atoms with Crippen molar-refractivity contribution in [3.63, 3.8) is 0 Å². The standard InChI is InChI=1S/C16H19FN4O3S2/c1-21-15(12-6-7-26(23,24)10-12)19-20-16(21)25-9-14(22)18-8-11-2-4-13(17)5-3-11/h2-5,12H,6-10H2,1H3,(H,18,22). The highest BCUT2D eigenvalue weighted by atomic mass is 32.2. The van der Waals surface area contributed by atoms with Gasteiger partial charge in [0.2, 0.25) is 5.91 Å². The Morgan fingerprint density at radius 1 is 1.35 bits per heavy atom. The van der Waals surface area contributed by atoms with Crippen LogP contribution >= 0.6 is 11.8 Å². The Labute approximate surface area is 155 Å². The fourth-order valence-electron chi connectivity index (χ4n) is 2.79. The fraction of sp³-hybridized carbons (Fsp3) is 0.438. The maximum atomic E-state index is 12.8. The fourth-order valence-corrected chi connectivity index (χ4v) is 5.28. The number of carbonyl (C=O) groups is 1. The lowest BCUT2D eigenvalue weighted by Gasteiger charge is -2.08. The molecule has 1 aromatic carbocycles. The molecule has 0 aliphatic carbocycles. The third-order valence-electron chi connectivity index (χ3n) is 4.20. The lowest BCUT2D eigenvalue weighted by molar-refractivity contribution is -0.118. The lowest BCUT2D eigenvalue weighted by Crippen LogP contribution is -2.24. The van der Waals surface area contributed by atoms with Crippen molar-refractivity contribution >= 4 is 27.5 Å². The van der Waals surface area contributed by atoms with E-state index in [1.54, 1.807) is 23.7 Å². The van der Waals surface area contributed by atoms with Crippen LogP contribution in [0.5, 0.6) is 0 Å². The van der Waals surface area contributed by atoms with E-state index < -0.39 is 9.84 Å². The van der Waals surface area contributed by atoms with Crippen molar-refractivity contribution in [1.29, 1.82) is 0 Å². The Balaban J connectivity index is 1.52. The second kappa shape index (κ2) is 7.75. The molecule has 1 aliphatic rings. The Morgan fingerprint density at radius 2 is 2.08 bits per heavy atom. The minimum atomic E-state index is -2.99. The summed E-state index contributed by atoms with van der Waals surface area (Å²) in [6, 6.07) is 5.93. The summed E-state index contributed by atoms with van der Waals surface area (Å²) in [5.41, 5.74) is 0.813. The van der Waals surface area contributed by atoms with Crippen molar-refractivity contribution in [1.82, 2.24) is 20.1 Å². The molecule has 0 radical (unpaired) electrons. The number of hydrogen-bond donors (Lipinski definition) is 1. The summed E-state index contributed by atoms with van der Waals surface area (Å²) in [6.45, 7) is 0.323. The molecule has 2 heterocycles. The van der Waals surface area contributed by atoms with E-state index >= 15 is 0 Å². The molecule has 1 aromatic heterocycles. The van der Waals surface area contributed by atoms with Gasteiger partial charge in [-0.05, 0) is 24.1 Å². The van der Waals surface area contributed by atoms with Crippen LogP contribution in [-0.2, 0) is 28.2 Å². The van der Waals surface area contributed by atoms with Gasteiger partial charge in [-0.25, -0.2) is 12.8 Å². The first-order chi connectivity index (χ1) is 12.3. The van der Waals surface area contributed by atoms with E-state index in [0.717, 1.165) is 5.56 Å². The number of benzene rings is 1. The molecule has 0 bridgehead atoms. The van der Waals surface area contributed by atoms with Gasteiger partial charge < -0.3 is 9.88 Å². The van der Waals surface area contributed by atoms with Crippen molar-refractivity contribution in [3.05, 3.63) is 41.5 Å². The van der Waals surface area contributed by atoms with Gasteiger partial charge in [0.25, 0.3) is 0 Å². The van der Waals surface area contributed by atoms with Gasteiger partial charge in [-0.15, -0.1) is 10.2 Å². The minimum absolute atomic E-state index is 0.0990. The third-order valence-corrected chi connectivity index (χ3v) is 6.99. The minimum Gasteiger partial charge on any atom is -0.351 e. The molecular formula is C16H19FN4O3S2. The molecule has 2 aromatic rings. The molecule has 0 saturated carbocycles. The lowest BCUT2D eigenvalue weighted by atomic mass is 10.1. The van der Waals surface area contributed by atoms with Crippen LogP contribution in [0.15, 0.2) is 29.4 Å². The van der Waals surface area contributed by atoms with Crippen LogP contribution in [-0.4, -0.2) is 46.3 Å². The summed E-state index contributed by atoms with van der Waals surface area (Å²) >= 11 is 1.24. The maximum Gasteiger partial charge on any atom is 0.230 e. The van der Waals surface area contributed by atoms with E-state index in [1.807, 2.05) is 0 Å². The highest BCUT2D eigenvalue weighted by Crippen LogP contribution is 2.29. The normalized spacial score (nSPS) is 18.8. The molecular weight excluding hydrogens is 379 g/mol. The van der Waals surface area contributed by atoms with Gasteiger partial charge in [-0.1, -0.05) is 23.9 Å². The van der Waals surface area contributed by atoms with E-state index in [2.05, 4.69) is 15.5 Å². The number of rotatable bonds is 6. The molecule has 1 amide bonds. The van der Waals surface area contributed by atoms with Crippen molar-refractivity contribution in [3.8, 4) is 0 Å². The second-order valence-corrected chi connectivity index (χ2v) is 9.36. The van der Waals surface area contributed by atoms with E-state index in [0.29, 0.717) is 23.9 Å². The first-order valence-corrected chi connectivity index (χ1v) is 10.9. The van der Waals surface area contributed by atoms with Crippen LogP contribution in [0, 0.1) is 5.82 Å². The number of nitrogens with one attached hydrogen (secondary N) is 1. The van der Waals surface area contributed by atoms with Gasteiger partial charge in [-0.3, -0.25) is 4.79 Å². The average molecular weight is 398 g/mol. The average Bonchev–Trinajstić information content (AvgIpc) is 3.14. The Bertz CT molecular complexity index is 897. The predicted octanol–water partition coefficient (Wildman–Crippen LogP) is 1.26. The van der Waals surface area contributed by atoms with E-state index in [1.165, 1.54) is 23.9 Å². The molecule has 1 aliphatic heterocycles. The molecule has 1 atom stereocenters. The monoisotopic (exact) mass is 398 g/mol. The summed E-state index contributed by atoms with van der Waals surface area (Å²) in [4.78, 5) is 12.0. The molecule has 1 saturated heterocycles. The van der Waals surface area contributed by atoms with Crippen molar-refractivity contribution in [2.45, 2.75) is 24.0 Å². The molecule has 0 spiro atoms. The van der Waals surface area contributed by atoms with Gasteiger partial charge >= 0.3 is 0 Å². The van der Waals surface area contributed by atoms with Crippen LogP contribution in [0.2, 0.25) is 0 Å². The zero-order chi connectivity index (χ0) is 18.7. The number of halogens is 1. The molecule has 10 heteroatoms. The zero-order valence-corrected chi connectivity index (χ0v) is 15.8. The first-order valence-electron chi connectivity index (χ1n) is 8.08. The SMILES string of the molecule is Cn1c(SCC(=O)NCc2ccc(F)cc2)nnc1C1CCS(=O)(=O)C1. The highest BCUT2D eigenvalue weighted by Gasteiger charge is 2.32. The smallest absolute Gasteiger partial charge is 0.230 e. The van der Waals surface area contributed by atoms with Crippen LogP contribution < -0.4 is 5.32 Å². The van der Waals surface area contributed by atoms with E-state index in [9.17, 15) is 17.6 Å². The van der Waals surface area contributed by atoms with Gasteiger partial charge in [0.15, 0.2) is 15.0 Å². The number of sulfone groups is 1. The number of hydrogen-bond acceptors (Lipinski definition) is 6. The molecule has 7 nitrogen and oxygen atoms in total. The summed E-state index contributed by atoms with van der Waals surface area (Å²) in [7, 11) is -1.21. The topological polar surface area (TPSA) is 93.9 Å². The van der Waals surface area contributed by atoms with Gasteiger partial charge in [0.05, 0.1) is 17.3 Å². The van der Waals surface area contributed by atoms with E-state index in [-0.39, 0.29) is 34.9 Å². The Hall–Kier alpha value is -1.94. The first kappa shape index (κ1) is 18.8. The predicted molar refractivity (Wildman–Crippen MR) is 96.0 cm³/mol. The molecule has 3 rings (SSSR count). The van der Waals surface area contributed by atoms with Crippen LogP contribution in [0.4, 0.5) is 4.39 Å². The highest BCUT2D eigenvalue weighted by molar-refractivity contribution is 7.99. The third kappa shape index (κ3) is 4.61. The largest absolute Gasteiger partial charge is 0.351 e. The summed E-state index contributed by atoms with van der Waals surface area (Å²) in [5.74, 6) is 0.451. The molecule has 1 unspecified atom stereocenters. The van der Waals surface area contributed by atoms with Crippen LogP contribution in [0.3, 0.4) is 0 Å². The summed E-state index contributed by atoms with van der Waals surface area (Å²) in [5, 5.41) is 11.5. The van der Waals surface area contributed by atoms with Gasteiger partial charge in [-0.2, -0.15) is 0 Å². The summed E-state index contributed by atoms with van der Waals surface area (Å²) < 4.78 is 37.8. The number of amides is 1. The van der Waals surface area contributed by atoms with Gasteiger partial charge in [0, 0.05) is 19.5 Å². The second-order valence-electron chi connectivity index (χ2n) is 6.19.